The van der Waals surface area contributed by atoms with E-state index in [1.165, 1.54) is 6.07 Å². The van der Waals surface area contributed by atoms with Gasteiger partial charge in [-0.05, 0) is 57.0 Å². The number of ether oxygens (including phenoxy) is 1. The Morgan fingerprint density at radius 3 is 2.48 bits per heavy atom. The third-order valence-electron chi connectivity index (χ3n) is 4.91. The van der Waals surface area contributed by atoms with Crippen LogP contribution in [0.3, 0.4) is 0 Å². The molecule has 3 rings (SSSR count). The summed E-state index contributed by atoms with van der Waals surface area (Å²) in [7, 11) is 0. The highest BCUT2D eigenvalue weighted by molar-refractivity contribution is 5.96. The molecule has 150 valence electrons. The highest BCUT2D eigenvalue weighted by Crippen LogP contribution is 2.24. The molecule has 0 aliphatic carbocycles. The molecule has 0 amide bonds. The average Bonchev–Trinajstić information content (AvgIpc) is 2.67. The molecular weight excluding hydrogens is 369 g/mol. The molecule has 0 radical (unpaired) electrons. The number of halogens is 1. The minimum atomic E-state index is -0.490. The van der Waals surface area contributed by atoms with Gasteiger partial charge in [-0.15, -0.1) is 0 Å². The zero-order valence-electron chi connectivity index (χ0n) is 16.8. The molecule has 1 heterocycles. The van der Waals surface area contributed by atoms with E-state index in [2.05, 4.69) is 4.98 Å². The number of carbonyl (C=O) groups is 1. The lowest BCUT2D eigenvalue weighted by Crippen LogP contribution is -2.17. The first-order valence-electron chi connectivity index (χ1n) is 9.59. The van der Waals surface area contributed by atoms with E-state index in [0.717, 1.165) is 11.3 Å². The third kappa shape index (κ3) is 4.99. The van der Waals surface area contributed by atoms with Crippen molar-refractivity contribution in [2.24, 2.45) is 0 Å². The molecule has 2 aromatic carbocycles. The fraction of sp³-hybridized carbons (Fsp3) is 0.250. The summed E-state index contributed by atoms with van der Waals surface area (Å²) >= 11 is 0. The standard InChI is InChI=1S/C24H24FNO3/c1-15-13-16(2)26-24(28)20(15)11-12-23(27)18-9-10-21(22(25)14-18)17(3)29-19-7-5-4-6-8-19/h4-10,13-14,17H,11-12H2,1-3H3,(H,26,28)/t17-/m1/s1. The van der Waals surface area contributed by atoms with E-state index in [-0.39, 0.29) is 17.8 Å². The highest BCUT2D eigenvalue weighted by atomic mass is 19.1. The Morgan fingerprint density at radius 2 is 1.83 bits per heavy atom. The Morgan fingerprint density at radius 1 is 1.10 bits per heavy atom. The lowest BCUT2D eigenvalue weighted by Gasteiger charge is -2.16. The number of aryl methyl sites for hydroxylation is 2. The number of H-pyrrole nitrogens is 1. The molecule has 0 fully saturated rings. The van der Waals surface area contributed by atoms with Gasteiger partial charge >= 0.3 is 0 Å². The van der Waals surface area contributed by atoms with Gasteiger partial charge in [0.2, 0.25) is 0 Å². The molecule has 0 bridgehead atoms. The molecule has 4 nitrogen and oxygen atoms in total. The largest absolute Gasteiger partial charge is 0.486 e. The molecule has 0 unspecified atom stereocenters. The molecule has 1 atom stereocenters. The summed E-state index contributed by atoms with van der Waals surface area (Å²) in [4.78, 5) is 27.4. The van der Waals surface area contributed by atoms with Crippen molar-refractivity contribution in [2.45, 2.75) is 39.7 Å². The molecule has 0 aliphatic heterocycles. The number of Topliss-reactive ketones (excluding diaryl/α,β-unsaturated/α-hetero) is 1. The summed E-state index contributed by atoms with van der Waals surface area (Å²) in [5, 5.41) is 0. The predicted octanol–water partition coefficient (Wildman–Crippen LogP) is 5.09. The summed E-state index contributed by atoms with van der Waals surface area (Å²) in [6.07, 6.45) is -0.0331. The van der Waals surface area contributed by atoms with Gasteiger partial charge in [0, 0.05) is 28.8 Å². The maximum atomic E-state index is 14.6. The predicted molar refractivity (Wildman–Crippen MR) is 111 cm³/mol. The molecule has 0 spiro atoms. The number of ketones is 1. The molecule has 3 aromatic rings. The van der Waals surface area contributed by atoms with Crippen LogP contribution in [0, 0.1) is 19.7 Å². The second-order valence-corrected chi connectivity index (χ2v) is 7.18. The first kappa shape index (κ1) is 20.5. The maximum Gasteiger partial charge on any atom is 0.251 e. The van der Waals surface area contributed by atoms with Gasteiger partial charge in [-0.25, -0.2) is 4.39 Å². The van der Waals surface area contributed by atoms with Gasteiger partial charge in [-0.3, -0.25) is 9.59 Å². The second-order valence-electron chi connectivity index (χ2n) is 7.18. The summed E-state index contributed by atoms with van der Waals surface area (Å²) in [6, 6.07) is 15.5. The normalized spacial score (nSPS) is 11.9. The minimum absolute atomic E-state index is 0.141. The van der Waals surface area contributed by atoms with Crippen molar-refractivity contribution in [1.82, 2.24) is 4.98 Å². The van der Waals surface area contributed by atoms with Gasteiger partial charge in [0.25, 0.3) is 5.56 Å². The molecule has 1 aromatic heterocycles. The van der Waals surface area contributed by atoms with Crippen LogP contribution in [0.4, 0.5) is 4.39 Å². The second kappa shape index (κ2) is 8.86. The van der Waals surface area contributed by atoms with Crippen LogP contribution in [0.15, 0.2) is 59.4 Å². The minimum Gasteiger partial charge on any atom is -0.486 e. The van der Waals surface area contributed by atoms with Crippen molar-refractivity contribution in [1.29, 1.82) is 0 Å². The van der Waals surface area contributed by atoms with Crippen LogP contribution in [0.25, 0.3) is 0 Å². The fourth-order valence-electron chi connectivity index (χ4n) is 3.37. The summed E-state index contributed by atoms with van der Waals surface area (Å²) in [6.45, 7) is 5.43. The Kier molecular flexibility index (Phi) is 6.27. The van der Waals surface area contributed by atoms with E-state index < -0.39 is 11.9 Å². The number of hydrogen-bond acceptors (Lipinski definition) is 3. The van der Waals surface area contributed by atoms with Gasteiger partial charge in [-0.1, -0.05) is 30.3 Å². The monoisotopic (exact) mass is 393 g/mol. The van der Waals surface area contributed by atoms with Crippen molar-refractivity contribution in [3.63, 3.8) is 0 Å². The Bertz CT molecular complexity index is 1070. The van der Waals surface area contributed by atoms with E-state index in [1.807, 2.05) is 38.1 Å². The Labute approximate surface area is 169 Å². The van der Waals surface area contributed by atoms with Crippen LogP contribution in [-0.2, 0) is 6.42 Å². The van der Waals surface area contributed by atoms with Crippen LogP contribution in [0.5, 0.6) is 5.75 Å². The Hall–Kier alpha value is -3.21. The molecule has 0 aliphatic rings. The molecule has 5 heteroatoms. The zero-order valence-corrected chi connectivity index (χ0v) is 16.8. The van der Waals surface area contributed by atoms with Crippen molar-refractivity contribution < 1.29 is 13.9 Å². The molecular formula is C24H24FNO3. The molecule has 1 N–H and O–H groups in total. The van der Waals surface area contributed by atoms with Crippen LogP contribution >= 0.6 is 0 Å². The van der Waals surface area contributed by atoms with E-state index in [1.54, 1.807) is 31.2 Å². The molecule has 0 saturated heterocycles. The number of rotatable bonds is 7. The van der Waals surface area contributed by atoms with Crippen molar-refractivity contribution in [3.8, 4) is 5.75 Å². The number of aromatic amines is 1. The maximum absolute atomic E-state index is 14.6. The summed E-state index contributed by atoms with van der Waals surface area (Å²) in [5.74, 6) is -0.0339. The molecule has 29 heavy (non-hydrogen) atoms. The van der Waals surface area contributed by atoms with E-state index in [4.69, 9.17) is 4.74 Å². The highest BCUT2D eigenvalue weighted by Gasteiger charge is 2.16. The van der Waals surface area contributed by atoms with E-state index in [0.29, 0.717) is 28.9 Å². The van der Waals surface area contributed by atoms with Crippen LogP contribution in [0.1, 0.15) is 52.2 Å². The van der Waals surface area contributed by atoms with Gasteiger partial charge in [0.1, 0.15) is 17.7 Å². The fourth-order valence-corrected chi connectivity index (χ4v) is 3.37. The number of aromatic nitrogens is 1. The molecule has 0 saturated carbocycles. The van der Waals surface area contributed by atoms with Crippen LogP contribution in [-0.4, -0.2) is 10.8 Å². The summed E-state index contributed by atoms with van der Waals surface area (Å²) < 4.78 is 20.4. The van der Waals surface area contributed by atoms with Gasteiger partial charge in [-0.2, -0.15) is 0 Å². The van der Waals surface area contributed by atoms with Crippen molar-refractivity contribution in [3.05, 3.63) is 98.7 Å². The smallest absolute Gasteiger partial charge is 0.251 e. The van der Waals surface area contributed by atoms with Crippen LogP contribution < -0.4 is 10.3 Å². The first-order valence-corrected chi connectivity index (χ1v) is 9.59. The summed E-state index contributed by atoms with van der Waals surface area (Å²) in [5.41, 5.74) is 2.73. The van der Waals surface area contributed by atoms with Crippen molar-refractivity contribution in [2.75, 3.05) is 0 Å². The van der Waals surface area contributed by atoms with E-state index >= 15 is 0 Å². The number of para-hydroxylation sites is 1. The van der Waals surface area contributed by atoms with E-state index in [9.17, 15) is 14.0 Å². The number of pyridine rings is 1. The van der Waals surface area contributed by atoms with Gasteiger partial charge < -0.3 is 9.72 Å². The number of nitrogens with one attached hydrogen (secondary N) is 1. The SMILES string of the molecule is Cc1cc(C)c(CCC(=O)c2ccc([C@@H](C)Oc3ccccc3)c(F)c2)c(=O)[nH]1. The van der Waals surface area contributed by atoms with Gasteiger partial charge in [0.05, 0.1) is 0 Å². The van der Waals surface area contributed by atoms with Gasteiger partial charge in [0.15, 0.2) is 5.78 Å². The van der Waals surface area contributed by atoms with Crippen LogP contribution in [0.2, 0.25) is 0 Å². The number of carbonyl (C=O) groups excluding carboxylic acids is 1. The topological polar surface area (TPSA) is 59.2 Å². The lowest BCUT2D eigenvalue weighted by molar-refractivity contribution is 0.0982. The van der Waals surface area contributed by atoms with Crippen molar-refractivity contribution >= 4 is 5.78 Å². The lowest BCUT2D eigenvalue weighted by atomic mass is 9.99. The number of hydrogen-bond donors (Lipinski definition) is 1. The quantitative estimate of drug-likeness (QED) is 0.569. The number of benzene rings is 2. The first-order chi connectivity index (χ1) is 13.8. The average molecular weight is 393 g/mol. The Balaban J connectivity index is 1.69. The zero-order chi connectivity index (χ0) is 21.0. The third-order valence-corrected chi connectivity index (χ3v) is 4.91.